The van der Waals surface area contributed by atoms with Gasteiger partial charge in [-0.1, -0.05) is 20.8 Å². The van der Waals surface area contributed by atoms with Crippen molar-refractivity contribution in [3.8, 4) is 0 Å². The second-order valence-corrected chi connectivity index (χ2v) is 5.62. The van der Waals surface area contributed by atoms with Crippen molar-refractivity contribution >= 4 is 5.91 Å². The van der Waals surface area contributed by atoms with E-state index < -0.39 is 0 Å². The minimum Gasteiger partial charge on any atom is -0.356 e. The molecular weight excluding hydrogens is 200 g/mol. The highest BCUT2D eigenvalue weighted by molar-refractivity contribution is 5.78. The number of hydrogen-bond donors (Lipinski definition) is 2. The van der Waals surface area contributed by atoms with Gasteiger partial charge in [-0.2, -0.15) is 0 Å². The Hall–Kier alpha value is -0.570. The highest BCUT2D eigenvalue weighted by Gasteiger charge is 2.29. The Balaban J connectivity index is 2.26. The molecule has 0 aromatic rings. The third-order valence-electron chi connectivity index (χ3n) is 3.65. The van der Waals surface area contributed by atoms with E-state index in [4.69, 9.17) is 5.73 Å². The van der Waals surface area contributed by atoms with Gasteiger partial charge in [-0.3, -0.25) is 4.79 Å². The number of nitrogens with one attached hydrogen (secondary N) is 1. The van der Waals surface area contributed by atoms with Crippen LogP contribution < -0.4 is 11.1 Å². The zero-order valence-electron chi connectivity index (χ0n) is 10.8. The number of carbonyl (C=O) groups excluding carboxylic acids is 1. The van der Waals surface area contributed by atoms with Crippen molar-refractivity contribution in [1.82, 2.24) is 5.32 Å². The fourth-order valence-corrected chi connectivity index (χ4v) is 2.22. The predicted molar refractivity (Wildman–Crippen MR) is 66.9 cm³/mol. The van der Waals surface area contributed by atoms with Crippen LogP contribution in [0, 0.1) is 17.8 Å². The zero-order chi connectivity index (χ0) is 12.1. The predicted octanol–water partition coefficient (Wildman–Crippen LogP) is 1.91. The van der Waals surface area contributed by atoms with Crippen molar-refractivity contribution < 1.29 is 4.79 Å². The Bertz CT molecular complexity index is 228. The van der Waals surface area contributed by atoms with Crippen molar-refractivity contribution in [2.24, 2.45) is 23.5 Å². The maximum Gasteiger partial charge on any atom is 0.223 e. The molecule has 1 fully saturated rings. The van der Waals surface area contributed by atoms with Crippen LogP contribution in [0.2, 0.25) is 0 Å². The fourth-order valence-electron chi connectivity index (χ4n) is 2.22. The normalized spacial score (nSPS) is 30.4. The Morgan fingerprint density at radius 3 is 2.69 bits per heavy atom. The molecule has 1 aliphatic rings. The number of rotatable bonds is 4. The van der Waals surface area contributed by atoms with E-state index in [0.717, 1.165) is 32.2 Å². The Morgan fingerprint density at radius 1 is 1.44 bits per heavy atom. The van der Waals surface area contributed by atoms with Gasteiger partial charge in [-0.05, 0) is 37.5 Å². The lowest BCUT2D eigenvalue weighted by molar-refractivity contribution is -0.126. The van der Waals surface area contributed by atoms with E-state index in [2.05, 4.69) is 26.1 Å². The van der Waals surface area contributed by atoms with E-state index in [1.54, 1.807) is 0 Å². The number of hydrogen-bond acceptors (Lipinski definition) is 2. The lowest BCUT2D eigenvalue weighted by atomic mass is 9.79. The summed E-state index contributed by atoms with van der Waals surface area (Å²) < 4.78 is 0. The minimum absolute atomic E-state index is 0.151. The van der Waals surface area contributed by atoms with Crippen LogP contribution in [0.5, 0.6) is 0 Å². The van der Waals surface area contributed by atoms with Gasteiger partial charge in [0.2, 0.25) is 5.91 Å². The third-order valence-corrected chi connectivity index (χ3v) is 3.65. The van der Waals surface area contributed by atoms with Gasteiger partial charge < -0.3 is 11.1 Å². The summed E-state index contributed by atoms with van der Waals surface area (Å²) in [5.74, 6) is 1.58. The molecule has 3 heteroatoms. The number of nitrogens with two attached hydrogens (primary N) is 1. The van der Waals surface area contributed by atoms with Crippen molar-refractivity contribution in [2.75, 3.05) is 6.54 Å². The van der Waals surface area contributed by atoms with Crippen LogP contribution in [0.15, 0.2) is 0 Å². The maximum absolute atomic E-state index is 11.9. The first kappa shape index (κ1) is 13.5. The summed E-state index contributed by atoms with van der Waals surface area (Å²) in [6, 6.07) is 0.203. The van der Waals surface area contributed by atoms with E-state index in [-0.39, 0.29) is 17.9 Å². The molecule has 16 heavy (non-hydrogen) atoms. The molecule has 3 nitrogen and oxygen atoms in total. The summed E-state index contributed by atoms with van der Waals surface area (Å²) in [6.45, 7) is 7.32. The largest absolute Gasteiger partial charge is 0.356 e. The minimum atomic E-state index is 0.151. The molecule has 0 aromatic heterocycles. The van der Waals surface area contributed by atoms with Gasteiger partial charge in [0, 0.05) is 18.5 Å². The summed E-state index contributed by atoms with van der Waals surface area (Å²) in [5, 5.41) is 3.02. The van der Waals surface area contributed by atoms with Crippen LogP contribution in [-0.4, -0.2) is 18.5 Å². The lowest BCUT2D eigenvalue weighted by Crippen LogP contribution is -2.41. The summed E-state index contributed by atoms with van der Waals surface area (Å²) in [6.07, 6.45) is 4.00. The molecule has 0 saturated heterocycles. The number of amides is 1. The van der Waals surface area contributed by atoms with Crippen molar-refractivity contribution in [3.63, 3.8) is 0 Å². The van der Waals surface area contributed by atoms with E-state index in [9.17, 15) is 4.79 Å². The first-order chi connectivity index (χ1) is 7.50. The van der Waals surface area contributed by atoms with Crippen LogP contribution in [0.25, 0.3) is 0 Å². The molecule has 3 atom stereocenters. The molecular formula is C13H26N2O. The fraction of sp³-hybridized carbons (Fsp3) is 0.923. The second kappa shape index (κ2) is 6.24. The standard InChI is InChI=1S/C13H26N2O/c1-9(2)6-7-15-13(16)11-5-4-10(3)12(14)8-11/h9-12H,4-8,14H2,1-3H3,(H,15,16). The molecule has 1 rings (SSSR count). The van der Waals surface area contributed by atoms with E-state index in [0.29, 0.717) is 11.8 Å². The molecule has 3 N–H and O–H groups in total. The van der Waals surface area contributed by atoms with Crippen molar-refractivity contribution in [1.29, 1.82) is 0 Å². The second-order valence-electron chi connectivity index (χ2n) is 5.62. The molecule has 1 aliphatic carbocycles. The van der Waals surface area contributed by atoms with Gasteiger partial charge in [-0.15, -0.1) is 0 Å². The van der Waals surface area contributed by atoms with Crippen LogP contribution in [-0.2, 0) is 4.79 Å². The van der Waals surface area contributed by atoms with Crippen LogP contribution in [0.4, 0.5) is 0 Å². The van der Waals surface area contributed by atoms with Crippen LogP contribution >= 0.6 is 0 Å². The number of carbonyl (C=O) groups is 1. The molecule has 1 saturated carbocycles. The van der Waals surface area contributed by atoms with E-state index in [1.165, 1.54) is 0 Å². The molecule has 0 radical (unpaired) electrons. The van der Waals surface area contributed by atoms with Gasteiger partial charge in [0.25, 0.3) is 0 Å². The molecule has 1 amide bonds. The highest BCUT2D eigenvalue weighted by Crippen LogP contribution is 2.27. The Labute approximate surface area is 99.2 Å². The average molecular weight is 226 g/mol. The smallest absolute Gasteiger partial charge is 0.223 e. The average Bonchev–Trinajstić information content (AvgIpc) is 2.21. The molecule has 0 spiro atoms. The first-order valence-corrected chi connectivity index (χ1v) is 6.54. The molecule has 0 bridgehead atoms. The zero-order valence-corrected chi connectivity index (χ0v) is 10.8. The summed E-state index contributed by atoms with van der Waals surface area (Å²) in [7, 11) is 0. The van der Waals surface area contributed by atoms with Crippen LogP contribution in [0.1, 0.15) is 46.5 Å². The first-order valence-electron chi connectivity index (χ1n) is 6.54. The molecule has 94 valence electrons. The van der Waals surface area contributed by atoms with Gasteiger partial charge in [-0.25, -0.2) is 0 Å². The topological polar surface area (TPSA) is 55.1 Å². The van der Waals surface area contributed by atoms with Gasteiger partial charge in [0.1, 0.15) is 0 Å². The van der Waals surface area contributed by atoms with Crippen LogP contribution in [0.3, 0.4) is 0 Å². The Kier molecular flexibility index (Phi) is 5.26. The maximum atomic E-state index is 11.9. The summed E-state index contributed by atoms with van der Waals surface area (Å²) in [5.41, 5.74) is 6.00. The van der Waals surface area contributed by atoms with E-state index >= 15 is 0 Å². The SMILES string of the molecule is CC(C)CCNC(=O)C1CCC(C)C(N)C1. The van der Waals surface area contributed by atoms with Gasteiger partial charge >= 0.3 is 0 Å². The summed E-state index contributed by atoms with van der Waals surface area (Å²) >= 11 is 0. The molecule has 3 unspecified atom stereocenters. The quantitative estimate of drug-likeness (QED) is 0.769. The lowest BCUT2D eigenvalue weighted by Gasteiger charge is -2.31. The Morgan fingerprint density at radius 2 is 2.12 bits per heavy atom. The third kappa shape index (κ3) is 4.12. The molecule has 0 aliphatic heterocycles. The highest BCUT2D eigenvalue weighted by atomic mass is 16.1. The molecule has 0 heterocycles. The summed E-state index contributed by atoms with van der Waals surface area (Å²) in [4.78, 5) is 11.9. The van der Waals surface area contributed by atoms with Crippen molar-refractivity contribution in [2.45, 2.75) is 52.5 Å². The van der Waals surface area contributed by atoms with Crippen molar-refractivity contribution in [3.05, 3.63) is 0 Å². The monoisotopic (exact) mass is 226 g/mol. The van der Waals surface area contributed by atoms with Gasteiger partial charge in [0.05, 0.1) is 0 Å². The molecule has 0 aromatic carbocycles. The van der Waals surface area contributed by atoms with Gasteiger partial charge in [0.15, 0.2) is 0 Å². The van der Waals surface area contributed by atoms with E-state index in [1.807, 2.05) is 0 Å².